The van der Waals surface area contributed by atoms with Gasteiger partial charge in [-0.05, 0) is 39.2 Å². The van der Waals surface area contributed by atoms with Gasteiger partial charge in [-0.3, -0.25) is 4.68 Å². The number of rotatable bonds is 3. The van der Waals surface area contributed by atoms with E-state index in [2.05, 4.69) is 17.3 Å². The summed E-state index contributed by atoms with van der Waals surface area (Å²) in [5.41, 5.74) is 1.02. The molecule has 2 amide bonds. The minimum atomic E-state index is -0.115. The van der Waals surface area contributed by atoms with Crippen LogP contribution >= 0.6 is 0 Å². The van der Waals surface area contributed by atoms with Crippen LogP contribution < -0.4 is 5.32 Å². The Bertz CT molecular complexity index is 565. The quantitative estimate of drug-likeness (QED) is 0.924. The molecule has 1 N–H and O–H groups in total. The molecule has 2 atom stereocenters. The van der Waals surface area contributed by atoms with Crippen molar-refractivity contribution in [2.75, 3.05) is 13.1 Å². The maximum atomic E-state index is 12.7. The van der Waals surface area contributed by atoms with Crippen molar-refractivity contribution < 1.29 is 9.53 Å². The molecule has 2 aliphatic rings. The minimum absolute atomic E-state index is 0.0199. The molecule has 0 bridgehead atoms. The van der Waals surface area contributed by atoms with E-state index in [-0.39, 0.29) is 23.8 Å². The van der Waals surface area contributed by atoms with Gasteiger partial charge in [-0.1, -0.05) is 19.3 Å². The van der Waals surface area contributed by atoms with Gasteiger partial charge in [0.2, 0.25) is 0 Å². The third-order valence-electron chi connectivity index (χ3n) is 5.05. The average molecular weight is 334 g/mol. The summed E-state index contributed by atoms with van der Waals surface area (Å²) in [7, 11) is 0. The predicted molar refractivity (Wildman–Crippen MR) is 92.9 cm³/mol. The number of hydrogen-bond acceptors (Lipinski definition) is 3. The van der Waals surface area contributed by atoms with Gasteiger partial charge in [0, 0.05) is 18.8 Å². The Labute approximate surface area is 144 Å². The molecule has 1 aliphatic heterocycles. The van der Waals surface area contributed by atoms with E-state index in [1.165, 1.54) is 19.3 Å². The maximum Gasteiger partial charge on any atom is 0.317 e. The second kappa shape index (κ2) is 7.13. The van der Waals surface area contributed by atoms with Crippen molar-refractivity contribution in [2.45, 2.75) is 77.2 Å². The second-order valence-electron chi connectivity index (χ2n) is 7.64. The molecule has 1 aromatic rings. The predicted octanol–water partition coefficient (Wildman–Crippen LogP) is 2.71. The Morgan fingerprint density at radius 2 is 2.21 bits per heavy atom. The van der Waals surface area contributed by atoms with Crippen LogP contribution in [-0.2, 0) is 11.3 Å². The number of nitrogens with zero attached hydrogens (tertiary/aromatic N) is 3. The number of amides is 2. The van der Waals surface area contributed by atoms with Crippen LogP contribution in [0.2, 0.25) is 0 Å². The molecule has 2 heterocycles. The number of nitrogens with one attached hydrogen (secondary N) is 1. The van der Waals surface area contributed by atoms with Crippen LogP contribution in [0.25, 0.3) is 0 Å². The van der Waals surface area contributed by atoms with Crippen LogP contribution in [0, 0.1) is 6.92 Å². The van der Waals surface area contributed by atoms with Crippen LogP contribution in [0.15, 0.2) is 12.4 Å². The molecule has 2 unspecified atom stereocenters. The number of carbonyl (C=O) groups excluding carboxylic acids is 1. The molecule has 0 radical (unpaired) electrons. The van der Waals surface area contributed by atoms with Gasteiger partial charge < -0.3 is 15.0 Å². The lowest BCUT2D eigenvalue weighted by Gasteiger charge is -2.47. The summed E-state index contributed by atoms with van der Waals surface area (Å²) >= 11 is 0. The van der Waals surface area contributed by atoms with Crippen LogP contribution in [0.5, 0.6) is 0 Å². The highest BCUT2D eigenvalue weighted by atomic mass is 16.5. The first-order valence-corrected chi connectivity index (χ1v) is 9.18. The Kier molecular flexibility index (Phi) is 5.13. The zero-order chi connectivity index (χ0) is 17.2. The third kappa shape index (κ3) is 4.09. The van der Waals surface area contributed by atoms with Crippen LogP contribution in [0.4, 0.5) is 4.79 Å². The standard InChI is InChI=1S/C18H30N4O2/c1-14-9-19-22(10-14)11-15(2)20-17(23)21-12-16(3)24-18(13-21)7-5-4-6-8-18/h9-10,15-16H,4-8,11-13H2,1-3H3,(H,20,23). The topological polar surface area (TPSA) is 59.4 Å². The summed E-state index contributed by atoms with van der Waals surface area (Å²) in [4.78, 5) is 14.7. The highest BCUT2D eigenvalue weighted by molar-refractivity contribution is 5.74. The number of hydrogen-bond donors (Lipinski definition) is 1. The molecule has 0 aromatic carbocycles. The number of aromatic nitrogens is 2. The molecule has 24 heavy (non-hydrogen) atoms. The average Bonchev–Trinajstić information content (AvgIpc) is 2.92. The summed E-state index contributed by atoms with van der Waals surface area (Å²) in [5, 5.41) is 7.41. The van der Waals surface area contributed by atoms with Gasteiger partial charge in [-0.2, -0.15) is 5.10 Å². The van der Waals surface area contributed by atoms with Crippen molar-refractivity contribution in [1.29, 1.82) is 0 Å². The summed E-state index contributed by atoms with van der Waals surface area (Å²) in [6.07, 6.45) is 9.78. The van der Waals surface area contributed by atoms with E-state index in [4.69, 9.17) is 4.74 Å². The number of aryl methyl sites for hydroxylation is 1. The smallest absolute Gasteiger partial charge is 0.317 e. The van der Waals surface area contributed by atoms with Crippen molar-refractivity contribution in [3.8, 4) is 0 Å². The molecule has 6 heteroatoms. The van der Waals surface area contributed by atoms with E-state index < -0.39 is 0 Å². The minimum Gasteiger partial charge on any atom is -0.368 e. The molecule has 1 spiro atoms. The summed E-state index contributed by atoms with van der Waals surface area (Å²) < 4.78 is 8.14. The molecular formula is C18H30N4O2. The Balaban J connectivity index is 1.57. The molecule has 1 saturated carbocycles. The van der Waals surface area contributed by atoms with Gasteiger partial charge in [-0.25, -0.2) is 4.79 Å². The number of carbonyl (C=O) groups is 1. The van der Waals surface area contributed by atoms with Crippen molar-refractivity contribution in [3.63, 3.8) is 0 Å². The highest BCUT2D eigenvalue weighted by Crippen LogP contribution is 2.36. The van der Waals surface area contributed by atoms with E-state index in [0.717, 1.165) is 24.9 Å². The molecule has 3 rings (SSSR count). The first kappa shape index (κ1) is 17.3. The molecule has 1 aliphatic carbocycles. The van der Waals surface area contributed by atoms with E-state index in [1.807, 2.05) is 35.8 Å². The van der Waals surface area contributed by atoms with Gasteiger partial charge in [0.1, 0.15) is 0 Å². The maximum absolute atomic E-state index is 12.7. The summed E-state index contributed by atoms with van der Waals surface area (Å²) in [6, 6.07) is 0.0590. The van der Waals surface area contributed by atoms with Gasteiger partial charge in [0.25, 0.3) is 0 Å². The van der Waals surface area contributed by atoms with Crippen molar-refractivity contribution >= 4 is 6.03 Å². The molecule has 2 fully saturated rings. The Morgan fingerprint density at radius 3 is 2.88 bits per heavy atom. The second-order valence-corrected chi connectivity index (χ2v) is 7.64. The van der Waals surface area contributed by atoms with Crippen molar-refractivity contribution in [1.82, 2.24) is 20.0 Å². The molecule has 134 valence electrons. The zero-order valence-electron chi connectivity index (χ0n) is 15.1. The van der Waals surface area contributed by atoms with Crippen molar-refractivity contribution in [3.05, 3.63) is 18.0 Å². The molecule has 1 aromatic heterocycles. The largest absolute Gasteiger partial charge is 0.368 e. The fraction of sp³-hybridized carbons (Fsp3) is 0.778. The number of ether oxygens (including phenoxy) is 1. The van der Waals surface area contributed by atoms with Crippen molar-refractivity contribution in [2.24, 2.45) is 0 Å². The first-order chi connectivity index (χ1) is 11.5. The Hall–Kier alpha value is -1.56. The summed E-state index contributed by atoms with van der Waals surface area (Å²) in [6.45, 7) is 8.19. The summed E-state index contributed by atoms with van der Waals surface area (Å²) in [5.74, 6) is 0. The van der Waals surface area contributed by atoms with Crippen LogP contribution in [0.3, 0.4) is 0 Å². The SMILES string of the molecule is Cc1cnn(CC(C)NC(=O)N2CC(C)OC3(CCCCC3)C2)c1. The monoisotopic (exact) mass is 334 g/mol. The molecule has 1 saturated heterocycles. The van der Waals surface area contributed by atoms with E-state index in [1.54, 1.807) is 0 Å². The van der Waals surface area contributed by atoms with Crippen LogP contribution in [-0.4, -0.2) is 51.5 Å². The number of urea groups is 1. The number of morpholine rings is 1. The lowest BCUT2D eigenvalue weighted by Crippen LogP contribution is -2.59. The van der Waals surface area contributed by atoms with Gasteiger partial charge in [0.05, 0.1) is 31.0 Å². The lowest BCUT2D eigenvalue weighted by molar-refractivity contribution is -0.153. The highest BCUT2D eigenvalue weighted by Gasteiger charge is 2.41. The van der Waals surface area contributed by atoms with E-state index >= 15 is 0 Å². The lowest BCUT2D eigenvalue weighted by atomic mass is 9.83. The van der Waals surface area contributed by atoms with E-state index in [0.29, 0.717) is 13.1 Å². The van der Waals surface area contributed by atoms with E-state index in [9.17, 15) is 4.79 Å². The zero-order valence-corrected chi connectivity index (χ0v) is 15.1. The normalized spacial score (nSPS) is 24.8. The van der Waals surface area contributed by atoms with Crippen LogP contribution in [0.1, 0.15) is 51.5 Å². The first-order valence-electron chi connectivity index (χ1n) is 9.18. The van der Waals surface area contributed by atoms with Gasteiger partial charge >= 0.3 is 6.03 Å². The Morgan fingerprint density at radius 1 is 1.46 bits per heavy atom. The van der Waals surface area contributed by atoms with Gasteiger partial charge in [-0.15, -0.1) is 0 Å². The third-order valence-corrected chi connectivity index (χ3v) is 5.05. The van der Waals surface area contributed by atoms with Gasteiger partial charge in [0.15, 0.2) is 0 Å². The molecule has 6 nitrogen and oxygen atoms in total. The fourth-order valence-corrected chi connectivity index (χ4v) is 4.05. The fourth-order valence-electron chi connectivity index (χ4n) is 4.05. The molecular weight excluding hydrogens is 304 g/mol.